The molecule has 96 valence electrons. The van der Waals surface area contributed by atoms with E-state index in [4.69, 9.17) is 9.39 Å². The smallest absolute Gasteiger partial charge is 0.492 e. The second-order valence-corrected chi connectivity index (χ2v) is 4.52. The Morgan fingerprint density at radius 2 is 1.95 bits per heavy atom. The summed E-state index contributed by atoms with van der Waals surface area (Å²) in [5.74, 6) is 1.29. The Morgan fingerprint density at radius 3 is 2.74 bits per heavy atom. The van der Waals surface area contributed by atoms with Crippen LogP contribution in [0, 0.1) is 0 Å². The fourth-order valence-corrected chi connectivity index (χ4v) is 2.22. The van der Waals surface area contributed by atoms with Gasteiger partial charge in [0, 0.05) is 6.07 Å². The number of hydrogen-bond acceptors (Lipinski definition) is 4. The Bertz CT molecular complexity index is 614. The first kappa shape index (κ1) is 12.1. The highest BCUT2D eigenvalue weighted by molar-refractivity contribution is 6.61. The van der Waals surface area contributed by atoms with Crippen molar-refractivity contribution >= 4 is 12.6 Å². The summed E-state index contributed by atoms with van der Waals surface area (Å²) in [5.41, 5.74) is 1.70. The van der Waals surface area contributed by atoms with Crippen molar-refractivity contribution in [3.8, 4) is 17.2 Å². The molecule has 2 N–H and O–H groups in total. The Hall–Kier alpha value is -1.98. The minimum absolute atomic E-state index is 0.111. The lowest BCUT2D eigenvalue weighted by molar-refractivity contribution is 0.209. The molecule has 2 aromatic rings. The highest BCUT2D eigenvalue weighted by Gasteiger charge is 2.32. The summed E-state index contributed by atoms with van der Waals surface area (Å²) in [6.45, 7) is 1.89. The van der Waals surface area contributed by atoms with Gasteiger partial charge in [-0.3, -0.25) is 0 Å². The van der Waals surface area contributed by atoms with Gasteiger partial charge in [-0.15, -0.1) is 0 Å². The minimum atomic E-state index is -0.905. The van der Waals surface area contributed by atoms with Gasteiger partial charge < -0.3 is 19.5 Å². The molecule has 0 saturated heterocycles. The van der Waals surface area contributed by atoms with Crippen LogP contribution in [0.15, 0.2) is 42.5 Å². The van der Waals surface area contributed by atoms with Crippen molar-refractivity contribution in [2.45, 2.75) is 13.0 Å². The van der Waals surface area contributed by atoms with Crippen LogP contribution in [-0.2, 0) is 4.65 Å². The average molecular weight is 256 g/mol. The van der Waals surface area contributed by atoms with Crippen molar-refractivity contribution in [1.82, 2.24) is 0 Å². The summed E-state index contributed by atoms with van der Waals surface area (Å²) in [7, 11) is -0.905. The molecule has 3 rings (SSSR count). The normalized spacial score (nSPS) is 17.4. The van der Waals surface area contributed by atoms with E-state index in [1.165, 1.54) is 6.07 Å². The molecule has 0 aliphatic carbocycles. The van der Waals surface area contributed by atoms with Crippen LogP contribution < -0.4 is 10.2 Å². The maximum Gasteiger partial charge on any atom is 0.492 e. The van der Waals surface area contributed by atoms with E-state index in [9.17, 15) is 10.1 Å². The third-order valence-corrected chi connectivity index (χ3v) is 3.15. The van der Waals surface area contributed by atoms with Crippen LogP contribution in [0.3, 0.4) is 0 Å². The number of benzene rings is 2. The molecule has 1 aliphatic rings. The average Bonchev–Trinajstić information content (AvgIpc) is 2.65. The molecule has 0 aromatic heterocycles. The van der Waals surface area contributed by atoms with E-state index in [1.807, 2.05) is 19.1 Å². The predicted octanol–water partition coefficient (Wildman–Crippen LogP) is 1.96. The van der Waals surface area contributed by atoms with E-state index in [0.717, 1.165) is 11.0 Å². The maximum atomic E-state index is 9.77. The zero-order valence-corrected chi connectivity index (χ0v) is 10.4. The number of phenols is 1. The molecule has 0 spiro atoms. The number of hydrogen-bond donors (Lipinski definition) is 2. The van der Waals surface area contributed by atoms with Crippen LogP contribution in [0.2, 0.25) is 0 Å². The third-order valence-electron chi connectivity index (χ3n) is 3.15. The Balaban J connectivity index is 1.89. The highest BCUT2D eigenvalue weighted by atomic mass is 16.5. The summed E-state index contributed by atoms with van der Waals surface area (Å²) < 4.78 is 11.0. The minimum Gasteiger partial charge on any atom is -0.508 e. The van der Waals surface area contributed by atoms with E-state index < -0.39 is 7.12 Å². The second kappa shape index (κ2) is 4.61. The fourth-order valence-electron chi connectivity index (χ4n) is 2.22. The lowest BCUT2D eigenvalue weighted by atomic mass is 9.79. The van der Waals surface area contributed by atoms with Gasteiger partial charge in [0.15, 0.2) is 0 Å². The molecule has 1 unspecified atom stereocenters. The van der Waals surface area contributed by atoms with Crippen LogP contribution in [0.4, 0.5) is 0 Å². The van der Waals surface area contributed by atoms with Gasteiger partial charge in [0.25, 0.3) is 0 Å². The van der Waals surface area contributed by atoms with Gasteiger partial charge in [-0.05, 0) is 42.2 Å². The summed E-state index contributed by atoms with van der Waals surface area (Å²) in [5, 5.41) is 19.2. The molecular formula is C14H13BO4. The number of rotatable bonds is 2. The summed E-state index contributed by atoms with van der Waals surface area (Å²) in [6, 6.07) is 12.0. The van der Waals surface area contributed by atoms with Crippen molar-refractivity contribution in [3.63, 3.8) is 0 Å². The first-order valence-electron chi connectivity index (χ1n) is 6.08. The molecule has 0 saturated carbocycles. The quantitative estimate of drug-likeness (QED) is 0.806. The predicted molar refractivity (Wildman–Crippen MR) is 71.7 cm³/mol. The molecular weight excluding hydrogens is 243 g/mol. The molecule has 19 heavy (non-hydrogen) atoms. The molecule has 1 atom stereocenters. The number of aromatic hydroxyl groups is 1. The Kier molecular flexibility index (Phi) is 2.93. The molecule has 0 fully saturated rings. The van der Waals surface area contributed by atoms with E-state index >= 15 is 0 Å². The lowest BCUT2D eigenvalue weighted by Crippen LogP contribution is -2.27. The summed E-state index contributed by atoms with van der Waals surface area (Å²) in [6.07, 6.45) is -0.111. The van der Waals surface area contributed by atoms with E-state index in [0.29, 0.717) is 11.5 Å². The lowest BCUT2D eigenvalue weighted by Gasteiger charge is -2.08. The van der Waals surface area contributed by atoms with Crippen LogP contribution in [0.1, 0.15) is 18.6 Å². The van der Waals surface area contributed by atoms with Crippen molar-refractivity contribution in [2.24, 2.45) is 0 Å². The first-order valence-corrected chi connectivity index (χ1v) is 6.08. The van der Waals surface area contributed by atoms with Gasteiger partial charge in [-0.1, -0.05) is 12.1 Å². The Labute approximate surface area is 111 Å². The van der Waals surface area contributed by atoms with Gasteiger partial charge in [-0.2, -0.15) is 0 Å². The summed E-state index contributed by atoms with van der Waals surface area (Å²) in [4.78, 5) is 0. The zero-order valence-electron chi connectivity index (χ0n) is 10.4. The second-order valence-electron chi connectivity index (χ2n) is 4.52. The van der Waals surface area contributed by atoms with Gasteiger partial charge in [-0.25, -0.2) is 0 Å². The van der Waals surface area contributed by atoms with E-state index in [2.05, 4.69) is 0 Å². The van der Waals surface area contributed by atoms with Crippen molar-refractivity contribution < 1.29 is 19.5 Å². The number of fused-ring (bicyclic) bond motifs is 1. The molecule has 5 heteroatoms. The molecule has 0 amide bonds. The van der Waals surface area contributed by atoms with E-state index in [1.54, 1.807) is 24.3 Å². The van der Waals surface area contributed by atoms with Crippen LogP contribution in [0.5, 0.6) is 17.2 Å². The SMILES string of the molecule is CC1OB(O)c2cc(Oc3cccc(O)c3)ccc21. The largest absolute Gasteiger partial charge is 0.508 e. The highest BCUT2D eigenvalue weighted by Crippen LogP contribution is 2.28. The van der Waals surface area contributed by atoms with Crippen LogP contribution >= 0.6 is 0 Å². The third kappa shape index (κ3) is 2.30. The maximum absolute atomic E-state index is 9.77. The van der Waals surface area contributed by atoms with Gasteiger partial charge >= 0.3 is 7.12 Å². The summed E-state index contributed by atoms with van der Waals surface area (Å²) >= 11 is 0. The zero-order chi connectivity index (χ0) is 13.4. The van der Waals surface area contributed by atoms with Crippen molar-refractivity contribution in [1.29, 1.82) is 0 Å². The molecule has 1 heterocycles. The van der Waals surface area contributed by atoms with Gasteiger partial charge in [0.1, 0.15) is 17.2 Å². The fraction of sp³-hybridized carbons (Fsp3) is 0.143. The topological polar surface area (TPSA) is 58.9 Å². The van der Waals surface area contributed by atoms with E-state index in [-0.39, 0.29) is 11.9 Å². The van der Waals surface area contributed by atoms with Crippen molar-refractivity contribution in [2.75, 3.05) is 0 Å². The van der Waals surface area contributed by atoms with Crippen molar-refractivity contribution in [3.05, 3.63) is 48.0 Å². The Morgan fingerprint density at radius 1 is 1.16 bits per heavy atom. The molecule has 0 radical (unpaired) electrons. The molecule has 2 aromatic carbocycles. The van der Waals surface area contributed by atoms with Gasteiger partial charge in [0.2, 0.25) is 0 Å². The molecule has 1 aliphatic heterocycles. The number of ether oxygens (including phenoxy) is 1. The standard InChI is InChI=1S/C14H13BO4/c1-9-13-6-5-12(8-14(13)15(17)19-9)18-11-4-2-3-10(16)7-11/h2-9,16-17H,1H3. The molecule has 0 bridgehead atoms. The van der Waals surface area contributed by atoms with Gasteiger partial charge in [0.05, 0.1) is 6.10 Å². The van der Waals surface area contributed by atoms with Crippen LogP contribution in [-0.4, -0.2) is 17.2 Å². The number of phenolic OH excluding ortho intramolecular Hbond substituents is 1. The first-order chi connectivity index (χ1) is 9.13. The molecule has 4 nitrogen and oxygen atoms in total. The monoisotopic (exact) mass is 256 g/mol. The van der Waals surface area contributed by atoms with Crippen LogP contribution in [0.25, 0.3) is 0 Å².